The van der Waals surface area contributed by atoms with Crippen LogP contribution in [0.4, 0.5) is 0 Å². The lowest BCUT2D eigenvalue weighted by Gasteiger charge is -2.19. The first-order chi connectivity index (χ1) is 15.3. The summed E-state index contributed by atoms with van der Waals surface area (Å²) in [5.74, 6) is 1.98. The third kappa shape index (κ3) is 4.63. The van der Waals surface area contributed by atoms with Gasteiger partial charge in [-0.25, -0.2) is 0 Å². The van der Waals surface area contributed by atoms with Crippen LogP contribution in [0.25, 0.3) is 22.8 Å². The Morgan fingerprint density at radius 2 is 1.56 bits per heavy atom. The van der Waals surface area contributed by atoms with E-state index in [0.29, 0.717) is 11.8 Å². The summed E-state index contributed by atoms with van der Waals surface area (Å²) in [6.45, 7) is 13.6. The Bertz CT molecular complexity index is 1190. The number of nitrogens with zero attached hydrogens (tertiary/aromatic N) is 5. The highest BCUT2D eigenvalue weighted by Crippen LogP contribution is 2.36. The average Bonchev–Trinajstić information content (AvgIpc) is 3.41. The van der Waals surface area contributed by atoms with Crippen molar-refractivity contribution < 1.29 is 4.42 Å². The Kier molecular flexibility index (Phi) is 6.20. The molecule has 0 amide bonds. The third-order valence-electron chi connectivity index (χ3n) is 5.41. The quantitative estimate of drug-likeness (QED) is 0.315. The first kappa shape index (κ1) is 22.3. The van der Waals surface area contributed by atoms with E-state index in [1.54, 1.807) is 11.8 Å². The van der Waals surface area contributed by atoms with Gasteiger partial charge >= 0.3 is 0 Å². The highest BCUT2D eigenvalue weighted by atomic mass is 32.2. The average molecular weight is 448 g/mol. The van der Waals surface area contributed by atoms with Crippen molar-refractivity contribution >= 4 is 11.8 Å². The molecule has 0 fully saturated rings. The van der Waals surface area contributed by atoms with Crippen molar-refractivity contribution in [3.63, 3.8) is 0 Å². The fourth-order valence-electron chi connectivity index (χ4n) is 3.41. The molecule has 4 rings (SSSR count). The molecule has 0 aliphatic heterocycles. The van der Waals surface area contributed by atoms with E-state index in [1.807, 2.05) is 31.2 Å². The summed E-state index contributed by atoms with van der Waals surface area (Å²) in [5.41, 5.74) is 4.60. The van der Waals surface area contributed by atoms with Gasteiger partial charge in [-0.2, -0.15) is 0 Å². The van der Waals surface area contributed by atoms with E-state index in [0.717, 1.165) is 28.7 Å². The van der Waals surface area contributed by atoms with Crippen LogP contribution in [0, 0.1) is 6.92 Å². The Morgan fingerprint density at radius 1 is 0.906 bits per heavy atom. The lowest BCUT2D eigenvalue weighted by molar-refractivity contribution is 0.508. The number of benzene rings is 2. The number of aryl methyl sites for hydroxylation is 1. The van der Waals surface area contributed by atoms with E-state index in [9.17, 15) is 0 Å². The van der Waals surface area contributed by atoms with Gasteiger partial charge in [-0.05, 0) is 43.9 Å². The first-order valence-electron chi connectivity index (χ1n) is 10.9. The number of aromatic nitrogens is 5. The largest absolute Gasteiger partial charge is 0.419 e. The van der Waals surface area contributed by atoms with Gasteiger partial charge in [0.25, 0.3) is 0 Å². The van der Waals surface area contributed by atoms with E-state index < -0.39 is 0 Å². The predicted molar refractivity (Wildman–Crippen MR) is 129 cm³/mol. The lowest BCUT2D eigenvalue weighted by Crippen LogP contribution is -2.10. The van der Waals surface area contributed by atoms with Crippen molar-refractivity contribution in [2.45, 2.75) is 63.9 Å². The Hall–Kier alpha value is -2.93. The van der Waals surface area contributed by atoms with Gasteiger partial charge in [-0.3, -0.25) is 0 Å². The number of hydrogen-bond acceptors (Lipinski definition) is 6. The fraction of sp³-hybridized carbons (Fsp3) is 0.360. The van der Waals surface area contributed by atoms with Crippen molar-refractivity contribution in [1.29, 1.82) is 0 Å². The molecule has 0 spiro atoms. The molecule has 6 nitrogen and oxygen atoms in total. The number of hydrogen-bond donors (Lipinski definition) is 0. The van der Waals surface area contributed by atoms with Crippen LogP contribution < -0.4 is 0 Å². The Labute approximate surface area is 193 Å². The fourth-order valence-corrected chi connectivity index (χ4v) is 4.36. The maximum absolute atomic E-state index is 5.95. The molecule has 32 heavy (non-hydrogen) atoms. The second kappa shape index (κ2) is 8.90. The topological polar surface area (TPSA) is 69.6 Å². The van der Waals surface area contributed by atoms with Crippen LogP contribution in [0.15, 0.2) is 58.1 Å². The van der Waals surface area contributed by atoms with E-state index in [4.69, 9.17) is 4.42 Å². The van der Waals surface area contributed by atoms with Crippen LogP contribution in [-0.4, -0.2) is 25.0 Å². The van der Waals surface area contributed by atoms with Gasteiger partial charge in [-0.15, -0.1) is 20.4 Å². The van der Waals surface area contributed by atoms with Gasteiger partial charge in [0.2, 0.25) is 11.8 Å². The second-order valence-electron chi connectivity index (χ2n) is 8.95. The molecular formula is C25H29N5OS. The molecule has 1 unspecified atom stereocenters. The third-order valence-corrected chi connectivity index (χ3v) is 6.48. The normalized spacial score (nSPS) is 12.8. The first-order valence-corrected chi connectivity index (χ1v) is 11.8. The van der Waals surface area contributed by atoms with Gasteiger partial charge in [-0.1, -0.05) is 74.5 Å². The van der Waals surface area contributed by atoms with E-state index in [2.05, 4.69) is 83.8 Å². The molecule has 0 bridgehead atoms. The maximum Gasteiger partial charge on any atom is 0.247 e. The summed E-state index contributed by atoms with van der Waals surface area (Å²) in [4.78, 5) is 0. The van der Waals surface area contributed by atoms with Gasteiger partial charge in [0.15, 0.2) is 11.0 Å². The molecule has 0 radical (unpaired) electrons. The second-order valence-corrected chi connectivity index (χ2v) is 10.3. The van der Waals surface area contributed by atoms with Crippen molar-refractivity contribution in [2.75, 3.05) is 0 Å². The maximum atomic E-state index is 5.95. The number of thioether (sulfide) groups is 1. The van der Waals surface area contributed by atoms with Crippen LogP contribution in [-0.2, 0) is 12.0 Å². The highest BCUT2D eigenvalue weighted by Gasteiger charge is 2.21. The molecule has 0 saturated carbocycles. The molecule has 2 aromatic carbocycles. The van der Waals surface area contributed by atoms with Crippen molar-refractivity contribution in [3.05, 3.63) is 65.5 Å². The van der Waals surface area contributed by atoms with E-state index in [1.165, 1.54) is 11.1 Å². The molecule has 4 aromatic rings. The molecule has 1 atom stereocenters. The minimum Gasteiger partial charge on any atom is -0.419 e. The summed E-state index contributed by atoms with van der Waals surface area (Å²) < 4.78 is 8.08. The molecule has 0 aliphatic rings. The van der Waals surface area contributed by atoms with Crippen LogP contribution in [0.1, 0.15) is 56.9 Å². The molecule has 2 heterocycles. The van der Waals surface area contributed by atoms with Crippen molar-refractivity contribution in [1.82, 2.24) is 25.0 Å². The summed E-state index contributed by atoms with van der Waals surface area (Å²) in [6, 6.07) is 16.7. The van der Waals surface area contributed by atoms with Crippen LogP contribution in [0.3, 0.4) is 0 Å². The van der Waals surface area contributed by atoms with Crippen molar-refractivity contribution in [3.8, 4) is 22.8 Å². The predicted octanol–water partition coefficient (Wildman–Crippen LogP) is 6.47. The SMILES string of the molecule is CCn1c(SC(C)c2nnc(-c3ccc(C)cc3)o2)nnc1-c1ccc(C(C)(C)C)cc1. The summed E-state index contributed by atoms with van der Waals surface area (Å²) in [6.07, 6.45) is 0. The van der Waals surface area contributed by atoms with E-state index >= 15 is 0 Å². The minimum absolute atomic E-state index is 0.0488. The van der Waals surface area contributed by atoms with Gasteiger partial charge in [0, 0.05) is 17.7 Å². The highest BCUT2D eigenvalue weighted by molar-refractivity contribution is 7.99. The van der Waals surface area contributed by atoms with Crippen LogP contribution in [0.5, 0.6) is 0 Å². The van der Waals surface area contributed by atoms with Crippen LogP contribution >= 0.6 is 11.8 Å². The number of rotatable bonds is 6. The van der Waals surface area contributed by atoms with Gasteiger partial charge in [0.1, 0.15) is 0 Å². The summed E-state index contributed by atoms with van der Waals surface area (Å²) in [7, 11) is 0. The molecule has 166 valence electrons. The Morgan fingerprint density at radius 3 is 2.19 bits per heavy atom. The molecule has 2 aromatic heterocycles. The lowest BCUT2D eigenvalue weighted by atomic mass is 9.87. The molecule has 0 N–H and O–H groups in total. The standard InChI is InChI=1S/C25H29N5OS/c1-7-30-21(18-12-14-20(15-13-18)25(4,5)6)26-29-24(30)32-17(3)22-27-28-23(31-22)19-10-8-16(2)9-11-19/h8-15,17H,7H2,1-6H3. The minimum atomic E-state index is -0.0488. The van der Waals surface area contributed by atoms with Gasteiger partial charge in [0.05, 0.1) is 5.25 Å². The molecule has 0 saturated heterocycles. The summed E-state index contributed by atoms with van der Waals surface area (Å²) >= 11 is 1.57. The molecule has 7 heteroatoms. The van der Waals surface area contributed by atoms with E-state index in [-0.39, 0.29) is 10.7 Å². The zero-order valence-electron chi connectivity index (χ0n) is 19.5. The molecular weight excluding hydrogens is 418 g/mol. The smallest absolute Gasteiger partial charge is 0.247 e. The van der Waals surface area contributed by atoms with Gasteiger partial charge < -0.3 is 8.98 Å². The van der Waals surface area contributed by atoms with Crippen LogP contribution in [0.2, 0.25) is 0 Å². The zero-order chi connectivity index (χ0) is 22.9. The zero-order valence-corrected chi connectivity index (χ0v) is 20.3. The molecule has 0 aliphatic carbocycles. The summed E-state index contributed by atoms with van der Waals surface area (Å²) in [5, 5.41) is 18.2. The van der Waals surface area contributed by atoms with Crippen molar-refractivity contribution in [2.24, 2.45) is 0 Å². The Balaban J connectivity index is 1.54. The monoisotopic (exact) mass is 447 g/mol.